The summed E-state index contributed by atoms with van der Waals surface area (Å²) >= 11 is 0. The molecule has 1 aliphatic rings. The Hall–Kier alpha value is -0.850. The van der Waals surface area contributed by atoms with Crippen LogP contribution >= 0.6 is 0 Å². The van der Waals surface area contributed by atoms with Crippen molar-refractivity contribution in [3.63, 3.8) is 0 Å². The molecule has 0 aromatic carbocycles. The molecule has 3 N–H and O–H groups in total. The van der Waals surface area contributed by atoms with Crippen LogP contribution in [0.2, 0.25) is 0 Å². The zero-order chi connectivity index (χ0) is 13.4. The molecule has 0 saturated carbocycles. The summed E-state index contributed by atoms with van der Waals surface area (Å²) < 4.78 is 4.98. The van der Waals surface area contributed by atoms with Crippen molar-refractivity contribution in [3.05, 3.63) is 0 Å². The van der Waals surface area contributed by atoms with E-state index in [1.165, 1.54) is 6.54 Å². The van der Waals surface area contributed by atoms with Crippen LogP contribution in [0.15, 0.2) is 4.99 Å². The number of ether oxygens (including phenoxy) is 1. The predicted octanol–water partition coefficient (Wildman–Crippen LogP) is -0.274. The molecular formula is C12H27N5O. The van der Waals surface area contributed by atoms with Crippen molar-refractivity contribution in [2.75, 3.05) is 53.0 Å². The van der Waals surface area contributed by atoms with Gasteiger partial charge in [0.25, 0.3) is 0 Å². The van der Waals surface area contributed by atoms with Crippen molar-refractivity contribution in [1.29, 1.82) is 0 Å². The maximum absolute atomic E-state index is 5.52. The van der Waals surface area contributed by atoms with Crippen molar-refractivity contribution in [3.8, 4) is 0 Å². The third-order valence-electron chi connectivity index (χ3n) is 2.98. The Morgan fingerprint density at radius 2 is 2.00 bits per heavy atom. The van der Waals surface area contributed by atoms with Crippen molar-refractivity contribution < 1.29 is 4.74 Å². The Bertz CT molecular complexity index is 249. The molecule has 0 spiro atoms. The van der Waals surface area contributed by atoms with Crippen molar-refractivity contribution >= 4 is 5.96 Å². The van der Waals surface area contributed by atoms with E-state index in [9.17, 15) is 0 Å². The normalized spacial score (nSPS) is 18.5. The molecule has 1 heterocycles. The van der Waals surface area contributed by atoms with Gasteiger partial charge in [0.1, 0.15) is 0 Å². The number of methoxy groups -OCH3 is 1. The number of nitrogens with two attached hydrogens (primary N) is 1. The highest BCUT2D eigenvalue weighted by Crippen LogP contribution is 2.05. The monoisotopic (exact) mass is 257 g/mol. The van der Waals surface area contributed by atoms with E-state index in [1.54, 1.807) is 7.11 Å². The maximum atomic E-state index is 5.52. The number of hydrazine groups is 1. The van der Waals surface area contributed by atoms with Crippen LogP contribution in [-0.2, 0) is 4.74 Å². The van der Waals surface area contributed by atoms with Crippen LogP contribution in [0.3, 0.4) is 0 Å². The van der Waals surface area contributed by atoms with Gasteiger partial charge in [-0.1, -0.05) is 13.8 Å². The van der Waals surface area contributed by atoms with Gasteiger partial charge in [-0.3, -0.25) is 10.3 Å². The highest BCUT2D eigenvalue weighted by molar-refractivity contribution is 5.79. The Labute approximate surface area is 110 Å². The average molecular weight is 257 g/mol. The van der Waals surface area contributed by atoms with Crippen LogP contribution in [0.1, 0.15) is 13.8 Å². The first-order chi connectivity index (χ1) is 8.67. The van der Waals surface area contributed by atoms with Crippen LogP contribution in [0.4, 0.5) is 0 Å². The first-order valence-electron chi connectivity index (χ1n) is 6.64. The smallest absolute Gasteiger partial charge is 0.208 e. The molecule has 0 aromatic heterocycles. The SMILES string of the molecule is COCCN=C(NN)N1CCN(CC(C)C)CC1. The largest absolute Gasteiger partial charge is 0.383 e. The Morgan fingerprint density at radius 1 is 1.33 bits per heavy atom. The number of nitrogens with one attached hydrogen (secondary N) is 1. The summed E-state index contributed by atoms with van der Waals surface area (Å²) in [6.07, 6.45) is 0. The lowest BCUT2D eigenvalue weighted by Crippen LogP contribution is -2.54. The van der Waals surface area contributed by atoms with Gasteiger partial charge in [0.2, 0.25) is 5.96 Å². The highest BCUT2D eigenvalue weighted by atomic mass is 16.5. The lowest BCUT2D eigenvalue weighted by atomic mass is 10.2. The molecule has 106 valence electrons. The average Bonchev–Trinajstić information content (AvgIpc) is 2.35. The van der Waals surface area contributed by atoms with Crippen LogP contribution in [0.5, 0.6) is 0 Å². The number of rotatable bonds is 5. The molecule has 0 unspecified atom stereocenters. The number of aliphatic imine (C=N–C) groups is 1. The van der Waals surface area contributed by atoms with E-state index in [1.807, 2.05) is 0 Å². The zero-order valence-corrected chi connectivity index (χ0v) is 11.9. The quantitative estimate of drug-likeness (QED) is 0.233. The minimum atomic E-state index is 0.624. The van der Waals surface area contributed by atoms with Gasteiger partial charge < -0.3 is 9.64 Å². The molecule has 1 fully saturated rings. The van der Waals surface area contributed by atoms with Crippen molar-refractivity contribution in [1.82, 2.24) is 15.2 Å². The molecule has 6 nitrogen and oxygen atoms in total. The molecule has 0 radical (unpaired) electrons. The predicted molar refractivity (Wildman–Crippen MR) is 74.4 cm³/mol. The molecule has 6 heteroatoms. The van der Waals surface area contributed by atoms with E-state index in [4.69, 9.17) is 10.6 Å². The minimum absolute atomic E-state index is 0.624. The molecule has 0 aliphatic carbocycles. The van der Waals surface area contributed by atoms with Crippen molar-refractivity contribution in [2.45, 2.75) is 13.8 Å². The lowest BCUT2D eigenvalue weighted by Gasteiger charge is -2.36. The van der Waals surface area contributed by atoms with Gasteiger partial charge in [-0.25, -0.2) is 10.8 Å². The first kappa shape index (κ1) is 15.2. The van der Waals surface area contributed by atoms with E-state index in [2.05, 4.69) is 34.1 Å². The van der Waals surface area contributed by atoms with E-state index in [0.29, 0.717) is 13.2 Å². The maximum Gasteiger partial charge on any atom is 0.208 e. The van der Waals surface area contributed by atoms with Gasteiger partial charge in [0.05, 0.1) is 13.2 Å². The molecule has 0 atom stereocenters. The Kier molecular flexibility index (Phi) is 7.00. The Balaban J connectivity index is 2.37. The molecule has 0 amide bonds. The standard InChI is InChI=1S/C12H27N5O/c1-11(2)10-16-5-7-17(8-6-16)12(15-13)14-4-9-18-3/h11H,4-10,13H2,1-3H3,(H,14,15). The fourth-order valence-corrected chi connectivity index (χ4v) is 2.14. The summed E-state index contributed by atoms with van der Waals surface area (Å²) in [5.74, 6) is 7.02. The molecule has 1 rings (SSSR count). The molecule has 0 bridgehead atoms. The summed E-state index contributed by atoms with van der Waals surface area (Å²) in [7, 11) is 1.68. The number of hydrogen-bond acceptors (Lipinski definition) is 4. The van der Waals surface area contributed by atoms with Gasteiger partial charge in [0.15, 0.2) is 0 Å². The summed E-state index contributed by atoms with van der Waals surface area (Å²) in [6, 6.07) is 0. The van der Waals surface area contributed by atoms with E-state index in [0.717, 1.165) is 38.1 Å². The van der Waals surface area contributed by atoms with Gasteiger partial charge in [0, 0.05) is 39.8 Å². The molecular weight excluding hydrogens is 230 g/mol. The fraction of sp³-hybridized carbons (Fsp3) is 0.917. The van der Waals surface area contributed by atoms with Gasteiger partial charge in [-0.2, -0.15) is 0 Å². The van der Waals surface area contributed by atoms with Gasteiger partial charge in [-0.05, 0) is 5.92 Å². The number of guanidine groups is 1. The van der Waals surface area contributed by atoms with Crippen LogP contribution < -0.4 is 11.3 Å². The summed E-state index contributed by atoms with van der Waals surface area (Å²) in [5, 5.41) is 0. The lowest BCUT2D eigenvalue weighted by molar-refractivity contribution is 0.163. The van der Waals surface area contributed by atoms with E-state index < -0.39 is 0 Å². The Morgan fingerprint density at radius 3 is 2.50 bits per heavy atom. The molecule has 1 saturated heterocycles. The second-order valence-corrected chi connectivity index (χ2v) is 5.02. The third kappa shape index (κ3) is 5.20. The highest BCUT2D eigenvalue weighted by Gasteiger charge is 2.19. The second-order valence-electron chi connectivity index (χ2n) is 5.02. The molecule has 0 aromatic rings. The number of piperazine rings is 1. The third-order valence-corrected chi connectivity index (χ3v) is 2.98. The van der Waals surface area contributed by atoms with Crippen LogP contribution in [0, 0.1) is 5.92 Å². The van der Waals surface area contributed by atoms with Crippen LogP contribution in [-0.4, -0.2) is 68.7 Å². The molecule has 1 aliphatic heterocycles. The van der Waals surface area contributed by atoms with E-state index >= 15 is 0 Å². The number of hydrogen-bond donors (Lipinski definition) is 2. The minimum Gasteiger partial charge on any atom is -0.383 e. The van der Waals surface area contributed by atoms with Gasteiger partial charge >= 0.3 is 0 Å². The topological polar surface area (TPSA) is 66.1 Å². The van der Waals surface area contributed by atoms with Crippen molar-refractivity contribution in [2.24, 2.45) is 16.8 Å². The first-order valence-corrected chi connectivity index (χ1v) is 6.64. The zero-order valence-electron chi connectivity index (χ0n) is 11.9. The summed E-state index contributed by atoms with van der Waals surface area (Å²) in [4.78, 5) is 9.10. The summed E-state index contributed by atoms with van der Waals surface area (Å²) in [6.45, 7) is 11.0. The fourth-order valence-electron chi connectivity index (χ4n) is 2.14. The second kappa shape index (κ2) is 8.29. The summed E-state index contributed by atoms with van der Waals surface area (Å²) in [5.41, 5.74) is 2.69. The van der Waals surface area contributed by atoms with Gasteiger partial charge in [-0.15, -0.1) is 0 Å². The molecule has 18 heavy (non-hydrogen) atoms. The van der Waals surface area contributed by atoms with E-state index in [-0.39, 0.29) is 0 Å². The number of nitrogens with zero attached hydrogens (tertiary/aromatic N) is 3. The van der Waals surface area contributed by atoms with Crippen LogP contribution in [0.25, 0.3) is 0 Å².